The lowest BCUT2D eigenvalue weighted by Crippen LogP contribution is -2.29. The summed E-state index contributed by atoms with van der Waals surface area (Å²) in [6, 6.07) is 0. The molecular formula is C11H22O. The molecule has 0 aromatic carbocycles. The van der Waals surface area contributed by atoms with Gasteiger partial charge < -0.3 is 5.11 Å². The first-order chi connectivity index (χ1) is 5.75. The van der Waals surface area contributed by atoms with Crippen LogP contribution < -0.4 is 0 Å². The maximum Gasteiger partial charge on any atom is 0.0489 e. The van der Waals surface area contributed by atoms with Crippen LogP contribution in [0, 0.1) is 11.3 Å². The molecule has 1 saturated carbocycles. The summed E-state index contributed by atoms with van der Waals surface area (Å²) in [6.45, 7) is 4.95. The van der Waals surface area contributed by atoms with E-state index in [1.54, 1.807) is 0 Å². The van der Waals surface area contributed by atoms with Crippen LogP contribution in [0.4, 0.5) is 0 Å². The van der Waals surface area contributed by atoms with Crippen molar-refractivity contribution in [1.29, 1.82) is 0 Å². The molecule has 1 rings (SSSR count). The van der Waals surface area contributed by atoms with Crippen molar-refractivity contribution in [2.24, 2.45) is 11.3 Å². The van der Waals surface area contributed by atoms with Gasteiger partial charge in [-0.05, 0) is 24.2 Å². The van der Waals surface area contributed by atoms with Crippen molar-refractivity contribution >= 4 is 0 Å². The summed E-state index contributed by atoms with van der Waals surface area (Å²) >= 11 is 0. The maximum absolute atomic E-state index is 9.41. The van der Waals surface area contributed by atoms with Crippen LogP contribution in [-0.2, 0) is 0 Å². The molecule has 1 N–H and O–H groups in total. The third-order valence-corrected chi connectivity index (χ3v) is 3.68. The van der Waals surface area contributed by atoms with E-state index in [1.165, 1.54) is 38.5 Å². The minimum atomic E-state index is 0.302. The Morgan fingerprint density at radius 2 is 1.92 bits per heavy atom. The molecule has 0 amide bonds. The average molecular weight is 170 g/mol. The second-order valence-corrected chi connectivity index (χ2v) is 4.42. The molecule has 1 aliphatic rings. The van der Waals surface area contributed by atoms with Crippen LogP contribution in [0.25, 0.3) is 0 Å². The molecule has 12 heavy (non-hydrogen) atoms. The molecule has 72 valence electrons. The Hall–Kier alpha value is -0.0400. The van der Waals surface area contributed by atoms with Crippen LogP contribution in [0.2, 0.25) is 0 Å². The van der Waals surface area contributed by atoms with Crippen molar-refractivity contribution in [3.63, 3.8) is 0 Å². The van der Waals surface area contributed by atoms with E-state index < -0.39 is 0 Å². The molecule has 1 nitrogen and oxygen atoms in total. The zero-order valence-corrected chi connectivity index (χ0v) is 8.47. The molecular weight excluding hydrogens is 148 g/mol. The molecule has 1 atom stereocenters. The second kappa shape index (κ2) is 4.27. The van der Waals surface area contributed by atoms with Gasteiger partial charge in [0.1, 0.15) is 0 Å². The summed E-state index contributed by atoms with van der Waals surface area (Å²) in [5.41, 5.74) is 0.302. The monoisotopic (exact) mass is 170 g/mol. The highest BCUT2D eigenvalue weighted by Gasteiger charge is 2.37. The SMILES string of the molecule is CCCC(C)C1(CO)CCCC1. The molecule has 1 fully saturated rings. The van der Waals surface area contributed by atoms with Gasteiger partial charge in [-0.2, -0.15) is 0 Å². The lowest BCUT2D eigenvalue weighted by molar-refractivity contribution is 0.0699. The van der Waals surface area contributed by atoms with Crippen molar-refractivity contribution in [3.8, 4) is 0 Å². The van der Waals surface area contributed by atoms with Crippen LogP contribution >= 0.6 is 0 Å². The number of rotatable bonds is 4. The van der Waals surface area contributed by atoms with E-state index in [2.05, 4.69) is 13.8 Å². The van der Waals surface area contributed by atoms with E-state index in [0.29, 0.717) is 12.0 Å². The summed E-state index contributed by atoms with van der Waals surface area (Å²) in [6.07, 6.45) is 7.70. The summed E-state index contributed by atoms with van der Waals surface area (Å²) in [7, 11) is 0. The fourth-order valence-corrected chi connectivity index (χ4v) is 2.63. The normalized spacial score (nSPS) is 24.2. The highest BCUT2D eigenvalue weighted by molar-refractivity contribution is 4.88. The fourth-order valence-electron chi connectivity index (χ4n) is 2.63. The second-order valence-electron chi connectivity index (χ2n) is 4.42. The van der Waals surface area contributed by atoms with Gasteiger partial charge in [-0.3, -0.25) is 0 Å². The highest BCUT2D eigenvalue weighted by Crippen LogP contribution is 2.45. The van der Waals surface area contributed by atoms with Gasteiger partial charge in [0.05, 0.1) is 0 Å². The number of aliphatic hydroxyl groups excluding tert-OH is 1. The Bertz CT molecular complexity index is 125. The number of hydrogen-bond acceptors (Lipinski definition) is 1. The van der Waals surface area contributed by atoms with Crippen LogP contribution in [0.5, 0.6) is 0 Å². The molecule has 1 unspecified atom stereocenters. The lowest BCUT2D eigenvalue weighted by Gasteiger charge is -2.33. The van der Waals surface area contributed by atoms with E-state index in [-0.39, 0.29) is 0 Å². The topological polar surface area (TPSA) is 20.2 Å². The lowest BCUT2D eigenvalue weighted by atomic mass is 9.73. The molecule has 1 aliphatic carbocycles. The summed E-state index contributed by atoms with van der Waals surface area (Å²) in [4.78, 5) is 0. The van der Waals surface area contributed by atoms with E-state index in [0.717, 1.165) is 5.92 Å². The molecule has 0 aromatic heterocycles. The molecule has 0 saturated heterocycles. The van der Waals surface area contributed by atoms with E-state index >= 15 is 0 Å². The van der Waals surface area contributed by atoms with Gasteiger partial charge in [0.2, 0.25) is 0 Å². The Morgan fingerprint density at radius 3 is 2.33 bits per heavy atom. The van der Waals surface area contributed by atoms with Crippen molar-refractivity contribution in [3.05, 3.63) is 0 Å². The molecule has 0 heterocycles. The summed E-state index contributed by atoms with van der Waals surface area (Å²) in [5, 5.41) is 9.41. The highest BCUT2D eigenvalue weighted by atomic mass is 16.3. The first-order valence-corrected chi connectivity index (χ1v) is 5.36. The number of hydrogen-bond donors (Lipinski definition) is 1. The third-order valence-electron chi connectivity index (χ3n) is 3.68. The van der Waals surface area contributed by atoms with Crippen molar-refractivity contribution in [2.45, 2.75) is 52.4 Å². The third kappa shape index (κ3) is 1.82. The Morgan fingerprint density at radius 1 is 1.33 bits per heavy atom. The Kier molecular flexibility index (Phi) is 3.57. The predicted octanol–water partition coefficient (Wildman–Crippen LogP) is 2.98. The van der Waals surface area contributed by atoms with Crippen LogP contribution in [0.1, 0.15) is 52.4 Å². The zero-order chi connectivity index (χ0) is 9.03. The quantitative estimate of drug-likeness (QED) is 0.687. The van der Waals surface area contributed by atoms with E-state index in [9.17, 15) is 5.11 Å². The first-order valence-electron chi connectivity index (χ1n) is 5.36. The van der Waals surface area contributed by atoms with Gasteiger partial charge >= 0.3 is 0 Å². The van der Waals surface area contributed by atoms with E-state index in [4.69, 9.17) is 0 Å². The van der Waals surface area contributed by atoms with Crippen molar-refractivity contribution in [2.75, 3.05) is 6.61 Å². The van der Waals surface area contributed by atoms with Crippen molar-refractivity contribution < 1.29 is 5.11 Å². The minimum Gasteiger partial charge on any atom is -0.396 e. The summed E-state index contributed by atoms with van der Waals surface area (Å²) < 4.78 is 0. The molecule has 0 bridgehead atoms. The van der Waals surface area contributed by atoms with Crippen LogP contribution in [-0.4, -0.2) is 11.7 Å². The van der Waals surface area contributed by atoms with Gasteiger partial charge in [0.15, 0.2) is 0 Å². The molecule has 0 radical (unpaired) electrons. The van der Waals surface area contributed by atoms with Gasteiger partial charge in [-0.1, -0.05) is 39.5 Å². The van der Waals surface area contributed by atoms with Gasteiger partial charge in [0, 0.05) is 6.61 Å². The van der Waals surface area contributed by atoms with Crippen LogP contribution in [0.15, 0.2) is 0 Å². The molecule has 0 aromatic rings. The number of aliphatic hydroxyl groups is 1. The Balaban J connectivity index is 2.52. The molecule has 0 aliphatic heterocycles. The summed E-state index contributed by atoms with van der Waals surface area (Å²) in [5.74, 6) is 0.718. The smallest absolute Gasteiger partial charge is 0.0489 e. The van der Waals surface area contributed by atoms with Gasteiger partial charge in [-0.25, -0.2) is 0 Å². The maximum atomic E-state index is 9.41. The van der Waals surface area contributed by atoms with Gasteiger partial charge in [0.25, 0.3) is 0 Å². The average Bonchev–Trinajstić information content (AvgIpc) is 2.54. The molecule has 1 heteroatoms. The minimum absolute atomic E-state index is 0.302. The predicted molar refractivity (Wildman–Crippen MR) is 52.1 cm³/mol. The fraction of sp³-hybridized carbons (Fsp3) is 1.00. The Labute approximate surface area is 76.2 Å². The zero-order valence-electron chi connectivity index (χ0n) is 8.47. The van der Waals surface area contributed by atoms with Crippen molar-refractivity contribution in [1.82, 2.24) is 0 Å². The molecule has 0 spiro atoms. The first kappa shape index (κ1) is 10.0. The van der Waals surface area contributed by atoms with Gasteiger partial charge in [-0.15, -0.1) is 0 Å². The van der Waals surface area contributed by atoms with Crippen LogP contribution in [0.3, 0.4) is 0 Å². The largest absolute Gasteiger partial charge is 0.396 e. The standard InChI is InChI=1S/C11H22O/c1-3-6-10(2)11(9-12)7-4-5-8-11/h10,12H,3-9H2,1-2H3. The van der Waals surface area contributed by atoms with E-state index in [1.807, 2.05) is 0 Å².